The number of hydrogen-bond acceptors (Lipinski definition) is 3. The minimum absolute atomic E-state index is 0.0832. The third kappa shape index (κ3) is 8.77. The highest BCUT2D eigenvalue weighted by atomic mass is 28.4. The minimum atomic E-state index is -2.02. The van der Waals surface area contributed by atoms with Crippen molar-refractivity contribution >= 4 is 22.4 Å². The Balaban J connectivity index is 3.18. The summed E-state index contributed by atoms with van der Waals surface area (Å²) in [5, 5.41) is 0.207. The Hall–Kier alpha value is -0.676. The molecule has 196 valence electrons. The summed E-state index contributed by atoms with van der Waals surface area (Å²) >= 11 is 0. The van der Waals surface area contributed by atoms with E-state index in [9.17, 15) is 4.79 Å². The van der Waals surface area contributed by atoms with E-state index in [-0.39, 0.29) is 34.0 Å². The summed E-state index contributed by atoms with van der Waals surface area (Å²) in [7, 11) is -4.00. The molecule has 0 radical (unpaired) electrons. The zero-order valence-corrected chi connectivity index (χ0v) is 26.5. The molecule has 1 aliphatic rings. The predicted octanol–water partition coefficient (Wildman–Crippen LogP) is 8.52. The summed E-state index contributed by atoms with van der Waals surface area (Å²) in [4.78, 5) is 12.6. The number of Topliss-reactive ketones (excluding diaryl/α,β-unsaturated/α-hetero) is 1. The van der Waals surface area contributed by atoms with Crippen molar-refractivity contribution in [3.63, 3.8) is 0 Å². The first-order valence-corrected chi connectivity index (χ1v) is 19.2. The Kier molecular flexibility index (Phi) is 11.1. The van der Waals surface area contributed by atoms with Crippen molar-refractivity contribution in [3.05, 3.63) is 12.2 Å². The molecule has 0 heterocycles. The molecular formula is C29H54O3Si2. The number of ketones is 1. The number of rotatable bonds is 10. The van der Waals surface area contributed by atoms with Gasteiger partial charge in [0, 0.05) is 12.0 Å². The summed E-state index contributed by atoms with van der Waals surface area (Å²) in [6.45, 7) is 31.3. The van der Waals surface area contributed by atoms with Crippen LogP contribution in [0.4, 0.5) is 0 Å². The molecule has 4 atom stereocenters. The molecule has 34 heavy (non-hydrogen) atoms. The van der Waals surface area contributed by atoms with Crippen molar-refractivity contribution in [2.24, 2.45) is 11.8 Å². The number of unbranched alkanes of at least 4 members (excludes halogenated alkanes) is 2. The van der Waals surface area contributed by atoms with E-state index in [0.29, 0.717) is 17.9 Å². The number of carbonyl (C=O) groups is 1. The number of carbonyl (C=O) groups excluding carboxylic acids is 1. The Labute approximate surface area is 214 Å². The Morgan fingerprint density at radius 2 is 1.59 bits per heavy atom. The second-order valence-electron chi connectivity index (χ2n) is 13.5. The zero-order valence-electron chi connectivity index (χ0n) is 24.5. The Bertz CT molecular complexity index is 759. The van der Waals surface area contributed by atoms with Crippen LogP contribution in [0.25, 0.3) is 0 Å². The van der Waals surface area contributed by atoms with E-state index in [0.717, 1.165) is 6.42 Å². The highest BCUT2D eigenvalue weighted by Crippen LogP contribution is 2.41. The lowest BCUT2D eigenvalue weighted by Gasteiger charge is -2.39. The highest BCUT2D eigenvalue weighted by molar-refractivity contribution is 6.74. The molecular weight excluding hydrogens is 452 g/mol. The average molecular weight is 507 g/mol. The lowest BCUT2D eigenvalue weighted by molar-refractivity contribution is -0.115. The molecule has 0 spiro atoms. The quantitative estimate of drug-likeness (QED) is 0.129. The van der Waals surface area contributed by atoms with E-state index in [1.807, 2.05) is 0 Å². The largest absolute Gasteiger partial charge is 0.412 e. The Morgan fingerprint density at radius 1 is 1.03 bits per heavy atom. The first kappa shape index (κ1) is 31.4. The van der Waals surface area contributed by atoms with Gasteiger partial charge in [-0.15, -0.1) is 0 Å². The van der Waals surface area contributed by atoms with Crippen molar-refractivity contribution in [1.29, 1.82) is 0 Å². The molecule has 0 saturated heterocycles. The summed E-state index contributed by atoms with van der Waals surface area (Å²) in [5.41, 5.74) is 0.610. The lowest BCUT2D eigenvalue weighted by Crippen LogP contribution is -2.45. The topological polar surface area (TPSA) is 35.5 Å². The SMILES string of the molecule is C=C1C(=O)C[C@@H](O[Si](C)(C)C(C)(C)C)[C@@H]1C#C[C@H](CC(C)CCCCC)O[Si](C)(C)C(C)(C)C. The van der Waals surface area contributed by atoms with Gasteiger partial charge in [0.25, 0.3) is 0 Å². The molecule has 0 amide bonds. The van der Waals surface area contributed by atoms with Gasteiger partial charge < -0.3 is 8.85 Å². The van der Waals surface area contributed by atoms with Crippen LogP contribution in [0, 0.1) is 23.7 Å². The van der Waals surface area contributed by atoms with Crippen molar-refractivity contribution in [1.82, 2.24) is 0 Å². The van der Waals surface area contributed by atoms with E-state index in [4.69, 9.17) is 8.85 Å². The molecule has 5 heteroatoms. The first-order valence-electron chi connectivity index (χ1n) is 13.4. The third-order valence-electron chi connectivity index (χ3n) is 8.30. The second-order valence-corrected chi connectivity index (χ2v) is 23.1. The van der Waals surface area contributed by atoms with Crippen LogP contribution in [0.3, 0.4) is 0 Å². The van der Waals surface area contributed by atoms with Crippen LogP contribution in [0.5, 0.6) is 0 Å². The fourth-order valence-electron chi connectivity index (χ4n) is 3.75. The van der Waals surface area contributed by atoms with Gasteiger partial charge in [-0.1, -0.05) is 99.5 Å². The van der Waals surface area contributed by atoms with Crippen molar-refractivity contribution in [2.75, 3.05) is 0 Å². The first-order chi connectivity index (χ1) is 15.3. The van der Waals surface area contributed by atoms with Crippen molar-refractivity contribution in [3.8, 4) is 11.8 Å². The van der Waals surface area contributed by atoms with E-state index < -0.39 is 16.6 Å². The molecule has 0 N–H and O–H groups in total. The smallest absolute Gasteiger partial charge is 0.193 e. The molecule has 0 bridgehead atoms. The summed E-state index contributed by atoms with van der Waals surface area (Å²) in [6, 6.07) is 0. The third-order valence-corrected chi connectivity index (χ3v) is 17.3. The molecule has 1 saturated carbocycles. The van der Waals surface area contributed by atoms with Crippen LogP contribution < -0.4 is 0 Å². The number of hydrogen-bond donors (Lipinski definition) is 0. The molecule has 1 fully saturated rings. The van der Waals surface area contributed by atoms with Crippen LogP contribution in [-0.2, 0) is 13.6 Å². The van der Waals surface area contributed by atoms with Crippen molar-refractivity contribution in [2.45, 2.75) is 142 Å². The van der Waals surface area contributed by atoms with Gasteiger partial charge in [0.1, 0.15) is 6.10 Å². The maximum atomic E-state index is 12.6. The van der Waals surface area contributed by atoms with Gasteiger partial charge in [-0.3, -0.25) is 4.79 Å². The molecule has 0 aliphatic heterocycles. The fourth-order valence-corrected chi connectivity index (χ4v) is 6.30. The molecule has 0 aromatic carbocycles. The summed E-state index contributed by atoms with van der Waals surface area (Å²) in [5.74, 6) is 7.38. The van der Waals surface area contributed by atoms with Gasteiger partial charge in [-0.2, -0.15) is 0 Å². The maximum absolute atomic E-state index is 12.6. The van der Waals surface area contributed by atoms with Gasteiger partial charge in [0.15, 0.2) is 22.4 Å². The van der Waals surface area contributed by atoms with E-state index in [2.05, 4.69) is 100.0 Å². The lowest BCUT2D eigenvalue weighted by atomic mass is 9.96. The fraction of sp³-hybridized carbons (Fsp3) is 0.828. The molecule has 0 aromatic heterocycles. The highest BCUT2D eigenvalue weighted by Gasteiger charge is 2.45. The van der Waals surface area contributed by atoms with E-state index >= 15 is 0 Å². The molecule has 3 nitrogen and oxygen atoms in total. The minimum Gasteiger partial charge on any atom is -0.412 e. The molecule has 1 aliphatic carbocycles. The van der Waals surface area contributed by atoms with Gasteiger partial charge in [0.05, 0.1) is 12.0 Å². The summed E-state index contributed by atoms with van der Waals surface area (Å²) < 4.78 is 13.5. The van der Waals surface area contributed by atoms with E-state index in [1.165, 1.54) is 25.7 Å². The Morgan fingerprint density at radius 3 is 2.09 bits per heavy atom. The van der Waals surface area contributed by atoms with Crippen LogP contribution in [0.2, 0.25) is 36.3 Å². The molecule has 1 unspecified atom stereocenters. The van der Waals surface area contributed by atoms with Gasteiger partial charge in [-0.25, -0.2) is 0 Å². The van der Waals surface area contributed by atoms with Gasteiger partial charge in [-0.05, 0) is 48.6 Å². The van der Waals surface area contributed by atoms with E-state index in [1.54, 1.807) is 0 Å². The maximum Gasteiger partial charge on any atom is 0.193 e. The standard InChI is InChI=1S/C29H54O3Si2/c1-14-15-16-17-22(2)20-24(31-33(10,11)28(4,5)6)18-19-25-23(3)26(30)21-27(25)32-34(12,13)29(7,8)9/h22,24-25,27H,3,14-17,20-21H2,1-2,4-13H3/t22?,24-,25-,27-/m1/s1. The van der Waals surface area contributed by atoms with Crippen LogP contribution in [0.15, 0.2) is 12.2 Å². The van der Waals surface area contributed by atoms with Crippen molar-refractivity contribution < 1.29 is 13.6 Å². The monoisotopic (exact) mass is 506 g/mol. The molecule has 1 rings (SSSR count). The summed E-state index contributed by atoms with van der Waals surface area (Å²) in [6.07, 6.45) is 6.01. The van der Waals surface area contributed by atoms with Gasteiger partial charge >= 0.3 is 0 Å². The second kappa shape index (κ2) is 12.0. The average Bonchev–Trinajstić information content (AvgIpc) is 2.90. The van der Waals surface area contributed by atoms with Gasteiger partial charge in [0.2, 0.25) is 0 Å². The normalized spacial score (nSPS) is 21.9. The zero-order chi connectivity index (χ0) is 26.5. The van der Waals surface area contributed by atoms with Crippen LogP contribution >= 0.6 is 0 Å². The van der Waals surface area contributed by atoms with Crippen LogP contribution in [0.1, 0.15) is 93.9 Å². The predicted molar refractivity (Wildman–Crippen MR) is 152 cm³/mol. The van der Waals surface area contributed by atoms with Crippen LogP contribution in [-0.4, -0.2) is 34.6 Å². The molecule has 0 aromatic rings.